The molecule has 0 fully saturated rings. The average molecular weight is 330 g/mol. The lowest BCUT2D eigenvalue weighted by atomic mass is 10.0. The fourth-order valence-corrected chi connectivity index (χ4v) is 3.00. The summed E-state index contributed by atoms with van der Waals surface area (Å²) < 4.78 is 7.08. The van der Waals surface area contributed by atoms with Crippen LogP contribution in [-0.2, 0) is 17.7 Å². The highest BCUT2D eigenvalue weighted by molar-refractivity contribution is 5.89. The van der Waals surface area contributed by atoms with Gasteiger partial charge in [0, 0.05) is 36.8 Å². The minimum absolute atomic E-state index is 0.135. The molecule has 128 valence electrons. The van der Waals surface area contributed by atoms with Crippen LogP contribution in [-0.4, -0.2) is 39.0 Å². The fraction of sp³-hybridized carbons (Fsp3) is 0.471. The van der Waals surface area contributed by atoms with E-state index in [4.69, 9.17) is 4.74 Å². The van der Waals surface area contributed by atoms with E-state index in [-0.39, 0.29) is 17.8 Å². The molecule has 0 spiro atoms. The molecule has 0 bridgehead atoms. The van der Waals surface area contributed by atoms with Gasteiger partial charge in [0.1, 0.15) is 11.6 Å². The lowest BCUT2D eigenvalue weighted by Crippen LogP contribution is -2.32. The lowest BCUT2D eigenvalue weighted by molar-refractivity contribution is 0.0517. The van der Waals surface area contributed by atoms with E-state index < -0.39 is 0 Å². The maximum Gasteiger partial charge on any atom is 0.359 e. The van der Waals surface area contributed by atoms with E-state index in [1.54, 1.807) is 19.1 Å². The summed E-state index contributed by atoms with van der Waals surface area (Å²) in [7, 11) is 0. The largest absolute Gasteiger partial charge is 0.506 e. The molecule has 2 aromatic heterocycles. The van der Waals surface area contributed by atoms with Crippen molar-refractivity contribution in [3.63, 3.8) is 0 Å². The average Bonchev–Trinajstić information content (AvgIpc) is 2.95. The van der Waals surface area contributed by atoms with Gasteiger partial charge >= 0.3 is 5.97 Å². The second kappa shape index (κ2) is 6.51. The number of anilines is 1. The molecule has 0 unspecified atom stereocenters. The Kier molecular flexibility index (Phi) is 4.42. The molecule has 0 aliphatic carbocycles. The molecule has 24 heavy (non-hydrogen) atoms. The zero-order chi connectivity index (χ0) is 17.3. The summed E-state index contributed by atoms with van der Waals surface area (Å²) in [6.45, 7) is 7.55. The summed E-state index contributed by atoms with van der Waals surface area (Å²) in [4.78, 5) is 18.6. The Labute approximate surface area is 140 Å². The predicted molar refractivity (Wildman–Crippen MR) is 89.2 cm³/mol. The summed E-state index contributed by atoms with van der Waals surface area (Å²) in [6.07, 6.45) is 2.21. The highest BCUT2D eigenvalue weighted by Gasteiger charge is 2.30. The number of esters is 1. The number of carbonyl (C=O) groups excluding carboxylic acids is 1. The Hall–Kier alpha value is -2.57. The van der Waals surface area contributed by atoms with Crippen LogP contribution in [0.15, 0.2) is 18.3 Å². The third kappa shape index (κ3) is 2.93. The number of fused-ring (bicyclic) bond motifs is 1. The third-order valence-electron chi connectivity index (χ3n) is 4.10. The van der Waals surface area contributed by atoms with Gasteiger partial charge in [-0.1, -0.05) is 0 Å². The number of nitrogens with zero attached hydrogens (tertiary/aromatic N) is 4. The Morgan fingerprint density at radius 1 is 1.42 bits per heavy atom. The number of pyridine rings is 1. The van der Waals surface area contributed by atoms with Crippen molar-refractivity contribution in [2.75, 3.05) is 18.1 Å². The third-order valence-corrected chi connectivity index (χ3v) is 4.10. The maximum absolute atomic E-state index is 12.3. The molecule has 2 aromatic rings. The molecule has 1 aliphatic rings. The van der Waals surface area contributed by atoms with Crippen LogP contribution in [0.1, 0.15) is 48.6 Å². The van der Waals surface area contributed by atoms with Crippen molar-refractivity contribution in [3.8, 4) is 5.75 Å². The fourth-order valence-electron chi connectivity index (χ4n) is 3.00. The number of aromatic hydroxyl groups is 1. The number of aromatic nitrogens is 3. The van der Waals surface area contributed by atoms with Gasteiger partial charge in [0.2, 0.25) is 0 Å². The molecule has 0 saturated heterocycles. The van der Waals surface area contributed by atoms with Gasteiger partial charge in [0.25, 0.3) is 0 Å². The Morgan fingerprint density at radius 3 is 2.83 bits per heavy atom. The number of rotatable bonds is 4. The predicted octanol–water partition coefficient (Wildman–Crippen LogP) is 2.30. The summed E-state index contributed by atoms with van der Waals surface area (Å²) in [5.74, 6) is 0.524. The van der Waals surface area contributed by atoms with Gasteiger partial charge in [-0.25, -0.2) is 9.78 Å². The van der Waals surface area contributed by atoms with Crippen molar-refractivity contribution >= 4 is 11.8 Å². The normalized spacial score (nSPS) is 13.9. The van der Waals surface area contributed by atoms with Crippen LogP contribution < -0.4 is 4.90 Å². The second-order valence-corrected chi connectivity index (χ2v) is 6.08. The van der Waals surface area contributed by atoms with Gasteiger partial charge < -0.3 is 14.7 Å². The Morgan fingerprint density at radius 2 is 2.21 bits per heavy atom. The van der Waals surface area contributed by atoms with E-state index in [0.29, 0.717) is 18.8 Å². The first-order chi connectivity index (χ1) is 11.5. The number of hydrogen-bond donors (Lipinski definition) is 1. The van der Waals surface area contributed by atoms with Crippen molar-refractivity contribution in [3.05, 3.63) is 35.3 Å². The second-order valence-electron chi connectivity index (χ2n) is 6.08. The van der Waals surface area contributed by atoms with E-state index in [2.05, 4.69) is 28.8 Å². The van der Waals surface area contributed by atoms with Gasteiger partial charge in [0.05, 0.1) is 12.8 Å². The van der Waals surface area contributed by atoms with Crippen LogP contribution in [0.25, 0.3) is 0 Å². The number of carbonyl (C=O) groups is 1. The highest BCUT2D eigenvalue weighted by Crippen LogP contribution is 2.28. The van der Waals surface area contributed by atoms with E-state index in [9.17, 15) is 9.90 Å². The first kappa shape index (κ1) is 16.3. The first-order valence-corrected chi connectivity index (χ1v) is 8.18. The van der Waals surface area contributed by atoms with Gasteiger partial charge in [-0.3, -0.25) is 4.68 Å². The van der Waals surface area contributed by atoms with Gasteiger partial charge in [-0.15, -0.1) is 0 Å². The molecular formula is C17H22N4O3. The van der Waals surface area contributed by atoms with Gasteiger partial charge in [-0.05, 0) is 32.9 Å². The summed E-state index contributed by atoms with van der Waals surface area (Å²) >= 11 is 0. The topological polar surface area (TPSA) is 80.5 Å². The molecular weight excluding hydrogens is 308 g/mol. The summed E-state index contributed by atoms with van der Waals surface area (Å²) in [5, 5.41) is 13.9. The van der Waals surface area contributed by atoms with Gasteiger partial charge in [-0.2, -0.15) is 5.10 Å². The zero-order valence-electron chi connectivity index (χ0n) is 14.2. The van der Waals surface area contributed by atoms with E-state index in [0.717, 1.165) is 30.0 Å². The van der Waals surface area contributed by atoms with Crippen molar-refractivity contribution in [2.45, 2.75) is 39.8 Å². The van der Waals surface area contributed by atoms with Crippen LogP contribution in [0.5, 0.6) is 5.75 Å². The molecule has 0 saturated carbocycles. The quantitative estimate of drug-likeness (QED) is 0.867. The number of ether oxygens (including phenoxy) is 1. The molecule has 3 heterocycles. The lowest BCUT2D eigenvalue weighted by Gasteiger charge is -2.29. The number of hydrogen-bond acceptors (Lipinski definition) is 6. The minimum atomic E-state index is -0.381. The van der Waals surface area contributed by atoms with E-state index >= 15 is 0 Å². The monoisotopic (exact) mass is 330 g/mol. The Bertz CT molecular complexity index is 737. The van der Waals surface area contributed by atoms with Crippen LogP contribution in [0.4, 0.5) is 5.82 Å². The SMILES string of the molecule is CCOC(=O)c1nn(C(C)C)c2c1CN(c1ccc(O)cn1)CC2. The smallest absolute Gasteiger partial charge is 0.359 e. The molecule has 1 N–H and O–H groups in total. The molecule has 0 radical (unpaired) electrons. The molecule has 7 nitrogen and oxygen atoms in total. The maximum atomic E-state index is 12.3. The Balaban J connectivity index is 1.96. The zero-order valence-corrected chi connectivity index (χ0v) is 14.2. The summed E-state index contributed by atoms with van der Waals surface area (Å²) in [5.41, 5.74) is 2.38. The van der Waals surface area contributed by atoms with Crippen molar-refractivity contribution in [1.29, 1.82) is 0 Å². The molecule has 0 atom stereocenters. The molecule has 7 heteroatoms. The molecule has 1 aliphatic heterocycles. The molecule has 0 aromatic carbocycles. The van der Waals surface area contributed by atoms with Crippen LogP contribution in [0.2, 0.25) is 0 Å². The highest BCUT2D eigenvalue weighted by atomic mass is 16.5. The van der Waals surface area contributed by atoms with E-state index in [1.807, 2.05) is 4.68 Å². The first-order valence-electron chi connectivity index (χ1n) is 8.18. The van der Waals surface area contributed by atoms with Crippen LogP contribution in [0, 0.1) is 0 Å². The summed E-state index contributed by atoms with van der Waals surface area (Å²) in [6, 6.07) is 3.57. The van der Waals surface area contributed by atoms with Crippen LogP contribution in [0.3, 0.4) is 0 Å². The van der Waals surface area contributed by atoms with E-state index in [1.165, 1.54) is 6.20 Å². The van der Waals surface area contributed by atoms with Crippen molar-refractivity contribution in [1.82, 2.24) is 14.8 Å². The van der Waals surface area contributed by atoms with Crippen molar-refractivity contribution in [2.24, 2.45) is 0 Å². The van der Waals surface area contributed by atoms with Gasteiger partial charge in [0.15, 0.2) is 5.69 Å². The molecule has 3 rings (SSSR count). The van der Waals surface area contributed by atoms with Crippen molar-refractivity contribution < 1.29 is 14.6 Å². The standard InChI is InChI=1S/C17H22N4O3/c1-4-24-17(23)16-13-10-20(15-6-5-12(22)9-18-15)8-7-14(13)21(19-16)11(2)3/h5-6,9,11,22H,4,7-8,10H2,1-3H3. The molecule has 0 amide bonds. The minimum Gasteiger partial charge on any atom is -0.506 e. The van der Waals surface area contributed by atoms with Crippen LogP contribution >= 0.6 is 0 Å².